The minimum Gasteiger partial charge on any atom is -0.444 e. The fraction of sp³-hybridized carbons (Fsp3) is 0.593. The Hall–Kier alpha value is -3.47. The van der Waals surface area contributed by atoms with E-state index in [9.17, 15) is 24.0 Å². The van der Waals surface area contributed by atoms with Crippen LogP contribution in [0.15, 0.2) is 18.2 Å². The van der Waals surface area contributed by atoms with Crippen molar-refractivity contribution in [2.75, 3.05) is 32.5 Å². The molecule has 0 spiro atoms. The molecule has 1 unspecified atom stereocenters. The summed E-state index contributed by atoms with van der Waals surface area (Å²) in [5.41, 5.74) is 0.618. The predicted molar refractivity (Wildman–Crippen MR) is 140 cm³/mol. The summed E-state index contributed by atoms with van der Waals surface area (Å²) in [6, 6.07) is 4.63. The molecule has 1 atom stereocenters. The fourth-order valence-corrected chi connectivity index (χ4v) is 5.09. The van der Waals surface area contributed by atoms with Crippen LogP contribution in [-0.2, 0) is 14.3 Å². The first-order valence-electron chi connectivity index (χ1n) is 13.1. The van der Waals surface area contributed by atoms with Gasteiger partial charge in [-0.05, 0) is 72.2 Å². The van der Waals surface area contributed by atoms with Gasteiger partial charge in [-0.3, -0.25) is 29.4 Å². The number of hydrogen-bond acceptors (Lipinski definition) is 8. The molecule has 3 aliphatic rings. The molecule has 1 saturated heterocycles. The van der Waals surface area contributed by atoms with Crippen LogP contribution in [0.25, 0.3) is 0 Å². The topological polar surface area (TPSA) is 128 Å². The average Bonchev–Trinajstić information content (AvgIpc) is 3.05. The molecule has 5 amide bonds. The fourth-order valence-electron chi connectivity index (χ4n) is 5.09. The molecule has 0 bridgehead atoms. The maximum Gasteiger partial charge on any atom is 0.410 e. The Balaban J connectivity index is 1.28. The van der Waals surface area contributed by atoms with Crippen molar-refractivity contribution in [2.45, 2.75) is 76.6 Å². The van der Waals surface area contributed by atoms with Crippen molar-refractivity contribution >= 4 is 35.4 Å². The Morgan fingerprint density at radius 2 is 1.82 bits per heavy atom. The second kappa shape index (κ2) is 10.7. The SMILES string of the molecule is CN(CCCN(C)C1CC(Nc2cccc3c2C(=O)N(C2CCC(=O)NC2=O)C3=O)C1)C(=O)OC(C)(C)C. The van der Waals surface area contributed by atoms with Crippen LogP contribution in [0, 0.1) is 0 Å². The van der Waals surface area contributed by atoms with Crippen LogP contribution in [0.3, 0.4) is 0 Å². The molecular weight excluding hydrogens is 490 g/mol. The molecule has 1 aliphatic carbocycles. The van der Waals surface area contributed by atoms with Crippen LogP contribution in [0.5, 0.6) is 0 Å². The van der Waals surface area contributed by atoms with Gasteiger partial charge in [0, 0.05) is 37.8 Å². The zero-order valence-electron chi connectivity index (χ0n) is 22.7. The van der Waals surface area contributed by atoms with Crippen LogP contribution < -0.4 is 10.6 Å². The van der Waals surface area contributed by atoms with E-state index in [1.807, 2.05) is 20.8 Å². The number of nitrogens with one attached hydrogen (secondary N) is 2. The summed E-state index contributed by atoms with van der Waals surface area (Å²) in [5, 5.41) is 5.64. The van der Waals surface area contributed by atoms with Crippen LogP contribution in [0.2, 0.25) is 0 Å². The van der Waals surface area contributed by atoms with Crippen LogP contribution in [0.1, 0.15) is 73.6 Å². The number of ether oxygens (including phenoxy) is 1. The number of hydrogen-bond donors (Lipinski definition) is 2. The lowest BCUT2D eigenvalue weighted by atomic mass is 9.85. The standard InChI is InChI=1S/C27H37N5O6/c1-27(2,3)38-26(37)31(5)13-7-12-30(4)17-14-16(15-17)28-19-9-6-8-18-22(19)25(36)32(24(18)35)20-10-11-21(33)29-23(20)34/h6,8-9,16-17,20,28H,7,10-15H2,1-5H3,(H,29,33,34). The van der Waals surface area contributed by atoms with Gasteiger partial charge >= 0.3 is 6.09 Å². The van der Waals surface area contributed by atoms with Crippen molar-refractivity contribution in [1.29, 1.82) is 0 Å². The first-order valence-corrected chi connectivity index (χ1v) is 13.1. The highest BCUT2D eigenvalue weighted by Gasteiger charge is 2.46. The van der Waals surface area contributed by atoms with Crippen LogP contribution >= 0.6 is 0 Å². The summed E-state index contributed by atoms with van der Waals surface area (Å²) < 4.78 is 5.39. The van der Waals surface area contributed by atoms with E-state index in [4.69, 9.17) is 4.74 Å². The van der Waals surface area contributed by atoms with E-state index in [0.29, 0.717) is 18.3 Å². The van der Waals surface area contributed by atoms with Crippen LogP contribution in [-0.4, -0.2) is 95.3 Å². The number of carbonyl (C=O) groups is 5. The van der Waals surface area contributed by atoms with E-state index in [2.05, 4.69) is 22.6 Å². The van der Waals surface area contributed by atoms with Gasteiger partial charge in [-0.15, -0.1) is 0 Å². The summed E-state index contributed by atoms with van der Waals surface area (Å²) in [4.78, 5) is 67.1. The number of carbonyl (C=O) groups excluding carboxylic acids is 5. The zero-order chi connectivity index (χ0) is 27.8. The number of fused-ring (bicyclic) bond motifs is 1. The maximum absolute atomic E-state index is 13.3. The summed E-state index contributed by atoms with van der Waals surface area (Å²) >= 11 is 0. The second-order valence-corrected chi connectivity index (χ2v) is 11.4. The highest BCUT2D eigenvalue weighted by Crippen LogP contribution is 2.35. The van der Waals surface area contributed by atoms with Gasteiger partial charge in [0.15, 0.2) is 0 Å². The van der Waals surface area contributed by atoms with Crippen LogP contribution in [0.4, 0.5) is 10.5 Å². The lowest BCUT2D eigenvalue weighted by molar-refractivity contribution is -0.136. The van der Waals surface area contributed by atoms with E-state index in [1.54, 1.807) is 30.1 Å². The Morgan fingerprint density at radius 1 is 1.11 bits per heavy atom. The number of amides is 5. The number of piperidine rings is 1. The third-order valence-electron chi connectivity index (χ3n) is 7.27. The van der Waals surface area contributed by atoms with E-state index in [0.717, 1.165) is 30.7 Å². The van der Waals surface area contributed by atoms with Gasteiger partial charge in [-0.1, -0.05) is 6.07 Å². The highest BCUT2D eigenvalue weighted by atomic mass is 16.6. The van der Waals surface area contributed by atoms with E-state index >= 15 is 0 Å². The third kappa shape index (κ3) is 5.82. The number of anilines is 1. The van der Waals surface area contributed by atoms with Crippen molar-refractivity contribution in [3.63, 3.8) is 0 Å². The van der Waals surface area contributed by atoms with Crippen molar-refractivity contribution in [3.8, 4) is 0 Å². The molecule has 206 valence electrons. The van der Waals surface area contributed by atoms with Gasteiger partial charge in [-0.2, -0.15) is 0 Å². The third-order valence-corrected chi connectivity index (χ3v) is 7.27. The maximum atomic E-state index is 13.3. The minimum atomic E-state index is -0.982. The monoisotopic (exact) mass is 527 g/mol. The second-order valence-electron chi connectivity index (χ2n) is 11.4. The quantitative estimate of drug-likeness (QED) is 0.493. The molecule has 4 rings (SSSR count). The number of imide groups is 2. The van der Waals surface area contributed by atoms with Gasteiger partial charge in [0.1, 0.15) is 11.6 Å². The molecule has 1 aromatic rings. The van der Waals surface area contributed by atoms with E-state index in [-0.39, 0.29) is 36.1 Å². The molecule has 2 heterocycles. The van der Waals surface area contributed by atoms with Gasteiger partial charge in [0.05, 0.1) is 11.1 Å². The molecule has 11 heteroatoms. The molecule has 2 aliphatic heterocycles. The molecule has 0 aromatic heterocycles. The normalized spacial score (nSPS) is 23.2. The van der Waals surface area contributed by atoms with Gasteiger partial charge < -0.3 is 19.9 Å². The summed E-state index contributed by atoms with van der Waals surface area (Å²) in [6.45, 7) is 6.97. The molecule has 11 nitrogen and oxygen atoms in total. The van der Waals surface area contributed by atoms with Crippen molar-refractivity contribution < 1.29 is 28.7 Å². The number of rotatable bonds is 8. The minimum absolute atomic E-state index is 0.0865. The lowest BCUT2D eigenvalue weighted by Gasteiger charge is -2.42. The largest absolute Gasteiger partial charge is 0.444 e. The smallest absolute Gasteiger partial charge is 0.410 e. The summed E-state index contributed by atoms with van der Waals surface area (Å²) in [7, 11) is 3.80. The number of benzene rings is 1. The lowest BCUT2D eigenvalue weighted by Crippen LogP contribution is -2.54. The van der Waals surface area contributed by atoms with Gasteiger partial charge in [-0.25, -0.2) is 4.79 Å². The van der Waals surface area contributed by atoms with Gasteiger partial charge in [0.2, 0.25) is 11.8 Å². The highest BCUT2D eigenvalue weighted by molar-refractivity contribution is 6.25. The molecule has 0 radical (unpaired) electrons. The van der Waals surface area contributed by atoms with Crippen molar-refractivity contribution in [3.05, 3.63) is 29.3 Å². The first-order chi connectivity index (χ1) is 17.9. The molecule has 2 N–H and O–H groups in total. The zero-order valence-corrected chi connectivity index (χ0v) is 22.7. The first kappa shape index (κ1) is 27.6. The molecular formula is C27H37N5O6. The van der Waals surface area contributed by atoms with Gasteiger partial charge in [0.25, 0.3) is 11.8 Å². The Morgan fingerprint density at radius 3 is 2.47 bits per heavy atom. The average molecular weight is 528 g/mol. The van der Waals surface area contributed by atoms with Crippen molar-refractivity contribution in [2.24, 2.45) is 0 Å². The molecule has 38 heavy (non-hydrogen) atoms. The summed E-state index contributed by atoms with van der Waals surface area (Å²) in [6.07, 6.45) is 2.46. The van der Waals surface area contributed by atoms with E-state index < -0.39 is 35.3 Å². The van der Waals surface area contributed by atoms with E-state index in [1.165, 1.54) is 0 Å². The molecule has 1 saturated carbocycles. The Kier molecular flexibility index (Phi) is 7.78. The Bertz CT molecular complexity index is 1140. The summed E-state index contributed by atoms with van der Waals surface area (Å²) in [5.74, 6) is -2.03. The predicted octanol–water partition coefficient (Wildman–Crippen LogP) is 2.22. The Labute approximate surface area is 222 Å². The molecule has 1 aromatic carbocycles. The van der Waals surface area contributed by atoms with Crippen molar-refractivity contribution in [1.82, 2.24) is 20.0 Å². The molecule has 2 fully saturated rings. The number of nitrogens with zero attached hydrogens (tertiary/aromatic N) is 3.